The topological polar surface area (TPSA) is 129 Å². The summed E-state index contributed by atoms with van der Waals surface area (Å²) >= 11 is 0. The molecule has 0 saturated carbocycles. The number of aliphatic hydroxyl groups is 1. The number of aryl methyl sites for hydroxylation is 2. The Bertz CT molecular complexity index is 1470. The van der Waals surface area contributed by atoms with Crippen LogP contribution in [0, 0.1) is 19.3 Å². The standard InChI is InChI=1S/C35H54O8P2/c1-19-15-21(30(3,4)5)23-26(32(9,10)11)24(19)35(34(17-36,18-41-44(37)38)29(23)43-45(39)40)25-22(31(6,7)8)16-20(2)28(42-35)27(25)33(12,13)14/h15-16,29,36-40H,17-18H2,1-14H3. The fraction of sp³-hybridized carbons (Fsp3) is 0.657. The van der Waals surface area contributed by atoms with Gasteiger partial charge in [-0.25, -0.2) is 0 Å². The number of aliphatic hydroxyl groups excluding tert-OH is 1. The Labute approximate surface area is 272 Å². The summed E-state index contributed by atoms with van der Waals surface area (Å²) in [5, 5.41) is 11.9. The highest BCUT2D eigenvalue weighted by Crippen LogP contribution is 2.71. The van der Waals surface area contributed by atoms with Crippen LogP contribution in [0.1, 0.15) is 139 Å². The zero-order chi connectivity index (χ0) is 34.5. The predicted molar refractivity (Wildman–Crippen MR) is 181 cm³/mol. The summed E-state index contributed by atoms with van der Waals surface area (Å²) in [4.78, 5) is 41.6. The van der Waals surface area contributed by atoms with E-state index < -0.39 is 63.8 Å². The lowest BCUT2D eigenvalue weighted by Gasteiger charge is -2.58. The van der Waals surface area contributed by atoms with E-state index in [1.807, 2.05) is 6.92 Å². The summed E-state index contributed by atoms with van der Waals surface area (Å²) in [5.74, 6) is 0.704. The molecule has 10 heteroatoms. The molecule has 1 spiro atoms. The minimum absolute atomic E-state index is 0.375. The molecule has 0 aromatic heterocycles. The molecule has 5 N–H and O–H groups in total. The van der Waals surface area contributed by atoms with Crippen molar-refractivity contribution in [3.05, 3.63) is 62.2 Å². The highest BCUT2D eigenvalue weighted by molar-refractivity contribution is 7.39. The minimum atomic E-state index is -2.94. The molecule has 0 fully saturated rings. The number of hydrogen-bond acceptors (Lipinski definition) is 8. The zero-order valence-corrected chi connectivity index (χ0v) is 31.3. The second-order valence-corrected chi connectivity index (χ2v) is 18.6. The van der Waals surface area contributed by atoms with Gasteiger partial charge in [-0.3, -0.25) is 0 Å². The van der Waals surface area contributed by atoms with Crippen molar-refractivity contribution < 1.29 is 38.5 Å². The maximum atomic E-state index is 11.9. The number of ether oxygens (including phenoxy) is 1. The fourth-order valence-corrected chi connectivity index (χ4v) is 8.68. The summed E-state index contributed by atoms with van der Waals surface area (Å²) in [5.41, 5.74) is 3.59. The third kappa shape index (κ3) is 5.71. The number of hydrogen-bond donors (Lipinski definition) is 5. The maximum absolute atomic E-state index is 11.9. The van der Waals surface area contributed by atoms with E-state index in [0.717, 1.165) is 50.1 Å². The van der Waals surface area contributed by atoms with Crippen molar-refractivity contribution in [1.82, 2.24) is 0 Å². The van der Waals surface area contributed by atoms with Crippen LogP contribution in [0.25, 0.3) is 0 Å². The number of benzene rings is 2. The molecule has 45 heavy (non-hydrogen) atoms. The monoisotopic (exact) mass is 664 g/mol. The molecule has 3 unspecified atom stereocenters. The molecular weight excluding hydrogens is 610 g/mol. The zero-order valence-electron chi connectivity index (χ0n) is 29.5. The van der Waals surface area contributed by atoms with E-state index in [2.05, 4.69) is 102 Å². The van der Waals surface area contributed by atoms with Crippen molar-refractivity contribution in [3.8, 4) is 5.75 Å². The van der Waals surface area contributed by atoms with Crippen LogP contribution in [-0.4, -0.2) is 37.9 Å². The smallest absolute Gasteiger partial charge is 0.327 e. The summed E-state index contributed by atoms with van der Waals surface area (Å²) < 4.78 is 19.4. The van der Waals surface area contributed by atoms with Gasteiger partial charge in [-0.2, -0.15) is 0 Å². The van der Waals surface area contributed by atoms with Gasteiger partial charge in [-0.1, -0.05) is 95.2 Å². The molecule has 0 saturated heterocycles. The first-order chi connectivity index (χ1) is 20.3. The first-order valence-electron chi connectivity index (χ1n) is 15.6. The maximum Gasteiger partial charge on any atom is 0.327 e. The lowest BCUT2D eigenvalue weighted by Crippen LogP contribution is -2.62. The second kappa shape index (κ2) is 11.5. The van der Waals surface area contributed by atoms with E-state index in [1.165, 1.54) is 0 Å². The van der Waals surface area contributed by atoms with E-state index in [-0.39, 0.29) is 5.41 Å². The van der Waals surface area contributed by atoms with Crippen molar-refractivity contribution in [2.45, 2.75) is 130 Å². The van der Waals surface area contributed by atoms with Crippen molar-refractivity contribution >= 4 is 17.2 Å². The molecule has 0 amide bonds. The van der Waals surface area contributed by atoms with Gasteiger partial charge in [0.1, 0.15) is 11.9 Å². The first kappa shape index (κ1) is 36.7. The SMILES string of the molecule is Cc1cc(C(C)(C)C)c2c(C(C)(C)C)c1OC21c2c(C)cc(C(C)(C)C)c(c2C(C)(C)C)C(OP(O)O)C1(CO)COP(O)O. The van der Waals surface area contributed by atoms with Gasteiger partial charge in [0.05, 0.1) is 18.6 Å². The van der Waals surface area contributed by atoms with Crippen LogP contribution in [0.5, 0.6) is 5.75 Å². The molecule has 1 aliphatic heterocycles. The Morgan fingerprint density at radius 1 is 0.711 bits per heavy atom. The van der Waals surface area contributed by atoms with Crippen molar-refractivity contribution in [2.24, 2.45) is 5.41 Å². The van der Waals surface area contributed by atoms with Gasteiger partial charge < -0.3 is 38.5 Å². The summed E-state index contributed by atoms with van der Waals surface area (Å²) in [7, 11) is -5.79. The van der Waals surface area contributed by atoms with Crippen LogP contribution < -0.4 is 4.74 Å². The Morgan fingerprint density at radius 3 is 1.64 bits per heavy atom. The van der Waals surface area contributed by atoms with Gasteiger partial charge in [0, 0.05) is 16.7 Å². The Balaban J connectivity index is 2.44. The third-order valence-corrected chi connectivity index (χ3v) is 10.2. The van der Waals surface area contributed by atoms with Crippen molar-refractivity contribution in [1.29, 1.82) is 0 Å². The molecular formula is C35H54O8P2. The molecule has 2 aliphatic rings. The van der Waals surface area contributed by atoms with Crippen molar-refractivity contribution in [2.75, 3.05) is 13.2 Å². The van der Waals surface area contributed by atoms with E-state index >= 15 is 0 Å². The van der Waals surface area contributed by atoms with E-state index in [9.17, 15) is 24.7 Å². The molecule has 252 valence electrons. The quantitative estimate of drug-likeness (QED) is 0.200. The summed E-state index contributed by atoms with van der Waals surface area (Å²) in [6.45, 7) is 28.7. The minimum Gasteiger partial charge on any atom is -0.476 e. The van der Waals surface area contributed by atoms with Gasteiger partial charge in [-0.15, -0.1) is 0 Å². The normalized spacial score (nSPS) is 23.4. The summed E-state index contributed by atoms with van der Waals surface area (Å²) in [6, 6.07) is 4.31. The van der Waals surface area contributed by atoms with Crippen LogP contribution >= 0.6 is 17.2 Å². The van der Waals surface area contributed by atoms with Gasteiger partial charge in [0.25, 0.3) is 0 Å². The van der Waals surface area contributed by atoms with Crippen LogP contribution in [0.3, 0.4) is 0 Å². The molecule has 0 radical (unpaired) electrons. The lowest BCUT2D eigenvalue weighted by molar-refractivity contribution is -0.153. The van der Waals surface area contributed by atoms with Crippen LogP contribution in [0.2, 0.25) is 0 Å². The highest BCUT2D eigenvalue weighted by atomic mass is 31.2. The molecule has 1 heterocycles. The van der Waals surface area contributed by atoms with Crippen molar-refractivity contribution in [3.63, 3.8) is 0 Å². The largest absolute Gasteiger partial charge is 0.476 e. The van der Waals surface area contributed by atoms with Gasteiger partial charge in [-0.05, 0) is 68.9 Å². The van der Waals surface area contributed by atoms with Crippen LogP contribution in [0.15, 0.2) is 12.1 Å². The molecule has 2 aromatic carbocycles. The Kier molecular flexibility index (Phi) is 9.34. The van der Waals surface area contributed by atoms with Crippen LogP contribution in [0.4, 0.5) is 0 Å². The molecule has 4 rings (SSSR count). The van der Waals surface area contributed by atoms with E-state index in [1.54, 1.807) is 0 Å². The Hall–Kier alpha value is -1.18. The fourth-order valence-electron chi connectivity index (χ4n) is 7.84. The molecule has 3 atom stereocenters. The predicted octanol–water partition coefficient (Wildman–Crippen LogP) is 7.62. The molecule has 2 aromatic rings. The third-order valence-electron chi connectivity index (χ3n) is 9.49. The molecule has 1 aliphatic carbocycles. The molecule has 8 nitrogen and oxygen atoms in total. The first-order valence-corrected chi connectivity index (χ1v) is 17.9. The van der Waals surface area contributed by atoms with Crippen LogP contribution in [-0.2, 0) is 36.3 Å². The number of fused-ring (bicyclic) bond motifs is 6. The lowest BCUT2D eigenvalue weighted by atomic mass is 9.50. The second-order valence-electron chi connectivity index (χ2n) is 17.1. The average Bonchev–Trinajstić information content (AvgIpc) is 3.14. The molecule has 4 bridgehead atoms. The van der Waals surface area contributed by atoms with E-state index in [4.69, 9.17) is 13.8 Å². The van der Waals surface area contributed by atoms with Gasteiger partial charge in [0.15, 0.2) is 5.60 Å². The number of rotatable bonds is 6. The van der Waals surface area contributed by atoms with E-state index in [0.29, 0.717) is 5.75 Å². The average molecular weight is 665 g/mol. The Morgan fingerprint density at radius 2 is 1.22 bits per heavy atom. The van der Waals surface area contributed by atoms with Gasteiger partial charge >= 0.3 is 17.2 Å². The highest BCUT2D eigenvalue weighted by Gasteiger charge is 2.71. The summed E-state index contributed by atoms with van der Waals surface area (Å²) in [6.07, 6.45) is -1.16. The van der Waals surface area contributed by atoms with Gasteiger partial charge in [0.2, 0.25) is 0 Å².